The normalized spacial score (nSPS) is 23.7. The SMILES string of the molecule is CC(C)(C)NCC1CC1c1ccc([N+](=O)[O-])s1. The molecule has 0 bridgehead atoms. The number of nitro groups is 1. The number of nitrogens with zero attached hydrogens (tertiary/aromatic N) is 1. The van der Waals surface area contributed by atoms with E-state index < -0.39 is 0 Å². The monoisotopic (exact) mass is 254 g/mol. The van der Waals surface area contributed by atoms with Gasteiger partial charge in [0, 0.05) is 16.5 Å². The average molecular weight is 254 g/mol. The van der Waals surface area contributed by atoms with E-state index in [2.05, 4.69) is 26.1 Å². The zero-order valence-corrected chi connectivity index (χ0v) is 11.2. The van der Waals surface area contributed by atoms with Gasteiger partial charge in [0.2, 0.25) is 0 Å². The molecule has 1 fully saturated rings. The quantitative estimate of drug-likeness (QED) is 0.663. The van der Waals surface area contributed by atoms with E-state index in [1.807, 2.05) is 6.07 Å². The molecule has 1 N–H and O–H groups in total. The molecule has 5 heteroatoms. The summed E-state index contributed by atoms with van der Waals surface area (Å²) in [6.07, 6.45) is 1.15. The van der Waals surface area contributed by atoms with Gasteiger partial charge < -0.3 is 5.32 Å². The van der Waals surface area contributed by atoms with Gasteiger partial charge in [0.15, 0.2) is 0 Å². The van der Waals surface area contributed by atoms with E-state index in [0.29, 0.717) is 11.8 Å². The highest BCUT2D eigenvalue weighted by molar-refractivity contribution is 7.15. The molecule has 1 heterocycles. The number of thiophene rings is 1. The summed E-state index contributed by atoms with van der Waals surface area (Å²) in [6.45, 7) is 7.46. The van der Waals surface area contributed by atoms with Crippen molar-refractivity contribution in [3.8, 4) is 0 Å². The van der Waals surface area contributed by atoms with Crippen molar-refractivity contribution in [1.82, 2.24) is 5.32 Å². The van der Waals surface area contributed by atoms with Gasteiger partial charge in [-0.2, -0.15) is 0 Å². The number of hydrogen-bond acceptors (Lipinski definition) is 4. The van der Waals surface area contributed by atoms with Gasteiger partial charge >= 0.3 is 5.00 Å². The second-order valence-corrected chi connectivity index (χ2v) is 6.76. The lowest BCUT2D eigenvalue weighted by Gasteiger charge is -2.20. The molecule has 2 unspecified atom stereocenters. The molecule has 0 saturated heterocycles. The maximum absolute atomic E-state index is 10.6. The lowest BCUT2D eigenvalue weighted by molar-refractivity contribution is -0.380. The van der Waals surface area contributed by atoms with Crippen molar-refractivity contribution >= 4 is 16.3 Å². The molecule has 0 aliphatic heterocycles. The zero-order chi connectivity index (χ0) is 12.6. The van der Waals surface area contributed by atoms with Crippen molar-refractivity contribution in [3.63, 3.8) is 0 Å². The first kappa shape index (κ1) is 12.5. The van der Waals surface area contributed by atoms with Crippen LogP contribution in [0.15, 0.2) is 12.1 Å². The molecule has 94 valence electrons. The molecule has 1 aliphatic rings. The minimum absolute atomic E-state index is 0.147. The number of nitrogens with one attached hydrogen (secondary N) is 1. The Bertz CT molecular complexity index is 422. The van der Waals surface area contributed by atoms with Crippen molar-refractivity contribution in [3.05, 3.63) is 27.1 Å². The maximum Gasteiger partial charge on any atom is 0.324 e. The summed E-state index contributed by atoms with van der Waals surface area (Å²) in [5.41, 5.74) is 0.147. The van der Waals surface area contributed by atoms with Crippen molar-refractivity contribution in [2.45, 2.75) is 38.6 Å². The Labute approximate surface area is 105 Å². The topological polar surface area (TPSA) is 55.2 Å². The van der Waals surface area contributed by atoms with Crippen LogP contribution in [0.3, 0.4) is 0 Å². The highest BCUT2D eigenvalue weighted by Gasteiger charge is 2.40. The third-order valence-corrected chi connectivity index (χ3v) is 4.14. The van der Waals surface area contributed by atoms with Crippen molar-refractivity contribution < 1.29 is 4.92 Å². The number of rotatable bonds is 4. The molecule has 17 heavy (non-hydrogen) atoms. The van der Waals surface area contributed by atoms with Crippen LogP contribution in [0.4, 0.5) is 5.00 Å². The first-order valence-corrected chi connectivity index (χ1v) is 6.67. The Morgan fingerprint density at radius 3 is 2.76 bits per heavy atom. The summed E-state index contributed by atoms with van der Waals surface area (Å²) in [7, 11) is 0. The van der Waals surface area contributed by atoms with Gasteiger partial charge in [0.25, 0.3) is 0 Å². The fraction of sp³-hybridized carbons (Fsp3) is 0.667. The van der Waals surface area contributed by atoms with Crippen LogP contribution in [0.2, 0.25) is 0 Å². The van der Waals surface area contributed by atoms with Crippen molar-refractivity contribution in [2.24, 2.45) is 5.92 Å². The van der Waals surface area contributed by atoms with Crippen LogP contribution in [0.25, 0.3) is 0 Å². The standard InChI is InChI=1S/C12H18N2O2S/c1-12(2,3)13-7-8-6-9(8)10-4-5-11(17-10)14(15)16/h4-5,8-9,13H,6-7H2,1-3H3. The fourth-order valence-electron chi connectivity index (χ4n) is 1.90. The molecular weight excluding hydrogens is 236 g/mol. The van der Waals surface area contributed by atoms with Gasteiger partial charge in [0.05, 0.1) is 4.92 Å². The second-order valence-electron chi connectivity index (χ2n) is 5.67. The highest BCUT2D eigenvalue weighted by Crippen LogP contribution is 2.50. The van der Waals surface area contributed by atoms with E-state index in [0.717, 1.165) is 17.8 Å². The molecule has 2 rings (SSSR count). The Hall–Kier alpha value is -0.940. The smallest absolute Gasteiger partial charge is 0.312 e. The van der Waals surface area contributed by atoms with Gasteiger partial charge in [-0.3, -0.25) is 10.1 Å². The second kappa shape index (κ2) is 4.38. The van der Waals surface area contributed by atoms with Gasteiger partial charge in [-0.1, -0.05) is 11.3 Å². The van der Waals surface area contributed by atoms with E-state index in [1.165, 1.54) is 11.3 Å². The summed E-state index contributed by atoms with van der Waals surface area (Å²) >= 11 is 1.32. The third-order valence-electron chi connectivity index (χ3n) is 2.98. The van der Waals surface area contributed by atoms with E-state index in [9.17, 15) is 10.1 Å². The fourth-order valence-corrected chi connectivity index (χ4v) is 2.93. The Morgan fingerprint density at radius 2 is 2.24 bits per heavy atom. The molecule has 1 aromatic heterocycles. The Morgan fingerprint density at radius 1 is 1.53 bits per heavy atom. The van der Waals surface area contributed by atoms with Crippen LogP contribution in [0.5, 0.6) is 0 Å². The molecule has 1 aliphatic carbocycles. The Balaban J connectivity index is 1.87. The molecule has 0 aromatic carbocycles. The van der Waals surface area contributed by atoms with Crippen LogP contribution in [0, 0.1) is 16.0 Å². The summed E-state index contributed by atoms with van der Waals surface area (Å²) < 4.78 is 0. The highest BCUT2D eigenvalue weighted by atomic mass is 32.1. The molecular formula is C12H18N2O2S. The van der Waals surface area contributed by atoms with Crippen LogP contribution in [-0.4, -0.2) is 17.0 Å². The van der Waals surface area contributed by atoms with Crippen LogP contribution >= 0.6 is 11.3 Å². The Kier molecular flexibility index (Phi) is 3.23. The van der Waals surface area contributed by atoms with E-state index in [1.54, 1.807) is 6.07 Å². The minimum atomic E-state index is -0.307. The summed E-state index contributed by atoms with van der Waals surface area (Å²) in [4.78, 5) is 11.5. The van der Waals surface area contributed by atoms with Crippen LogP contribution in [0.1, 0.15) is 38.0 Å². The van der Waals surface area contributed by atoms with Gasteiger partial charge in [-0.25, -0.2) is 0 Å². The number of hydrogen-bond donors (Lipinski definition) is 1. The molecule has 0 amide bonds. The largest absolute Gasteiger partial charge is 0.324 e. The predicted molar refractivity (Wildman–Crippen MR) is 69.6 cm³/mol. The minimum Gasteiger partial charge on any atom is -0.312 e. The lowest BCUT2D eigenvalue weighted by Crippen LogP contribution is -2.37. The van der Waals surface area contributed by atoms with Gasteiger partial charge in [-0.05, 0) is 51.6 Å². The van der Waals surface area contributed by atoms with Gasteiger partial charge in [0.1, 0.15) is 0 Å². The molecule has 0 spiro atoms. The maximum atomic E-state index is 10.6. The summed E-state index contributed by atoms with van der Waals surface area (Å²) in [6, 6.07) is 3.52. The third kappa shape index (κ3) is 3.26. The zero-order valence-electron chi connectivity index (χ0n) is 10.4. The van der Waals surface area contributed by atoms with E-state index in [-0.39, 0.29) is 15.5 Å². The van der Waals surface area contributed by atoms with Crippen LogP contribution < -0.4 is 5.32 Å². The molecule has 0 radical (unpaired) electrons. The van der Waals surface area contributed by atoms with E-state index >= 15 is 0 Å². The van der Waals surface area contributed by atoms with Crippen molar-refractivity contribution in [2.75, 3.05) is 6.54 Å². The van der Waals surface area contributed by atoms with Crippen LogP contribution in [-0.2, 0) is 0 Å². The molecule has 2 atom stereocenters. The molecule has 1 saturated carbocycles. The first-order valence-electron chi connectivity index (χ1n) is 5.86. The predicted octanol–water partition coefficient (Wildman–Crippen LogP) is 3.15. The van der Waals surface area contributed by atoms with Crippen molar-refractivity contribution in [1.29, 1.82) is 0 Å². The summed E-state index contributed by atoms with van der Waals surface area (Å²) in [5.74, 6) is 1.18. The average Bonchev–Trinajstić information content (AvgIpc) is 2.81. The van der Waals surface area contributed by atoms with Gasteiger partial charge in [-0.15, -0.1) is 0 Å². The molecule has 4 nitrogen and oxygen atoms in total. The first-order chi connectivity index (χ1) is 7.87. The van der Waals surface area contributed by atoms with E-state index in [4.69, 9.17) is 0 Å². The lowest BCUT2D eigenvalue weighted by atomic mass is 10.1. The molecule has 1 aromatic rings. The summed E-state index contributed by atoms with van der Waals surface area (Å²) in [5, 5.41) is 14.3.